The number of likely N-dealkylation sites (N-methyl/N-ethyl adjacent to an activating group) is 1. The van der Waals surface area contributed by atoms with Crippen LogP contribution in [0.4, 0.5) is 4.79 Å². The predicted molar refractivity (Wildman–Crippen MR) is 37.7 cm³/mol. The molecule has 2 aliphatic rings. The van der Waals surface area contributed by atoms with E-state index in [0.717, 1.165) is 12.5 Å². The third-order valence-electron chi connectivity index (χ3n) is 2.45. The predicted octanol–water partition coefficient (Wildman–Crippen LogP) is 0.420. The van der Waals surface area contributed by atoms with Gasteiger partial charge in [0.2, 0.25) is 0 Å². The van der Waals surface area contributed by atoms with Crippen LogP contribution >= 0.6 is 0 Å². The summed E-state index contributed by atoms with van der Waals surface area (Å²) in [5.74, 6) is 0.795. The van der Waals surface area contributed by atoms with Crippen molar-refractivity contribution in [2.45, 2.75) is 18.9 Å². The van der Waals surface area contributed by atoms with Crippen molar-refractivity contribution in [3.8, 4) is 0 Å². The summed E-state index contributed by atoms with van der Waals surface area (Å²) in [6, 6.07) is 0.587. The van der Waals surface area contributed by atoms with Gasteiger partial charge in [0.05, 0.1) is 6.04 Å². The fourth-order valence-corrected chi connectivity index (χ4v) is 1.57. The molecular weight excluding hydrogens is 128 g/mol. The van der Waals surface area contributed by atoms with Crippen molar-refractivity contribution >= 4 is 6.03 Å². The van der Waals surface area contributed by atoms with Crippen LogP contribution in [0.1, 0.15) is 12.8 Å². The molecule has 10 heavy (non-hydrogen) atoms. The van der Waals surface area contributed by atoms with Crippen molar-refractivity contribution < 1.29 is 4.79 Å². The molecule has 1 aliphatic heterocycles. The molecular formula is C7H12N2O. The molecule has 1 N–H and O–H groups in total. The molecule has 0 aromatic heterocycles. The summed E-state index contributed by atoms with van der Waals surface area (Å²) in [4.78, 5) is 12.8. The molecule has 2 rings (SSSR count). The largest absolute Gasteiger partial charge is 0.336 e. The van der Waals surface area contributed by atoms with E-state index in [1.807, 2.05) is 11.9 Å². The van der Waals surface area contributed by atoms with Gasteiger partial charge in [-0.1, -0.05) is 0 Å². The zero-order valence-corrected chi connectivity index (χ0v) is 6.13. The Morgan fingerprint density at radius 2 is 2.30 bits per heavy atom. The molecule has 0 spiro atoms. The minimum atomic E-state index is 0.0944. The van der Waals surface area contributed by atoms with Gasteiger partial charge in [0.15, 0.2) is 0 Å². The minimum Gasteiger partial charge on any atom is -0.336 e. The van der Waals surface area contributed by atoms with Crippen LogP contribution in [0.15, 0.2) is 0 Å². The average molecular weight is 140 g/mol. The second kappa shape index (κ2) is 1.87. The molecule has 0 aromatic rings. The van der Waals surface area contributed by atoms with E-state index in [1.54, 1.807) is 0 Å². The summed E-state index contributed by atoms with van der Waals surface area (Å²) in [5, 5.41) is 2.83. The Kier molecular flexibility index (Phi) is 1.13. The highest BCUT2D eigenvalue weighted by atomic mass is 16.2. The normalized spacial score (nSPS) is 32.7. The number of carbonyl (C=O) groups excluding carboxylic acids is 1. The van der Waals surface area contributed by atoms with Gasteiger partial charge in [-0.3, -0.25) is 0 Å². The van der Waals surface area contributed by atoms with Crippen molar-refractivity contribution in [1.82, 2.24) is 10.2 Å². The molecule has 2 amide bonds. The number of rotatable bonds is 1. The molecule has 1 saturated heterocycles. The third-order valence-corrected chi connectivity index (χ3v) is 2.45. The van der Waals surface area contributed by atoms with Gasteiger partial charge in [0.1, 0.15) is 0 Å². The average Bonchev–Trinajstić information content (AvgIpc) is 2.67. The lowest BCUT2D eigenvalue weighted by Gasteiger charge is -2.16. The van der Waals surface area contributed by atoms with Gasteiger partial charge < -0.3 is 10.2 Å². The molecule has 1 atom stereocenters. The van der Waals surface area contributed by atoms with Crippen molar-refractivity contribution in [3.05, 3.63) is 0 Å². The number of hydrogen-bond acceptors (Lipinski definition) is 1. The minimum absolute atomic E-state index is 0.0944. The zero-order valence-electron chi connectivity index (χ0n) is 6.13. The second-order valence-electron chi connectivity index (χ2n) is 3.20. The van der Waals surface area contributed by atoms with Crippen LogP contribution in [0.3, 0.4) is 0 Å². The number of nitrogens with one attached hydrogen (secondary N) is 1. The SMILES string of the molecule is CN1C(=O)NCC1C1CC1. The van der Waals surface area contributed by atoms with Crippen LogP contribution in [0.25, 0.3) is 0 Å². The van der Waals surface area contributed by atoms with Gasteiger partial charge in [0, 0.05) is 13.6 Å². The third kappa shape index (κ3) is 0.770. The first-order chi connectivity index (χ1) is 4.79. The topological polar surface area (TPSA) is 32.3 Å². The first-order valence-corrected chi connectivity index (χ1v) is 3.79. The molecule has 3 nitrogen and oxygen atoms in total. The van der Waals surface area contributed by atoms with Gasteiger partial charge >= 0.3 is 6.03 Å². The zero-order chi connectivity index (χ0) is 7.14. The highest BCUT2D eigenvalue weighted by Gasteiger charge is 2.39. The molecule has 3 heteroatoms. The number of amides is 2. The fraction of sp³-hybridized carbons (Fsp3) is 0.857. The van der Waals surface area contributed by atoms with Gasteiger partial charge in [-0.05, 0) is 18.8 Å². The van der Waals surface area contributed by atoms with Gasteiger partial charge in [0.25, 0.3) is 0 Å². The lowest BCUT2D eigenvalue weighted by atomic mass is 10.2. The summed E-state index contributed by atoms with van der Waals surface area (Å²) >= 11 is 0. The summed E-state index contributed by atoms with van der Waals surface area (Å²) < 4.78 is 0. The highest BCUT2D eigenvalue weighted by Crippen LogP contribution is 2.35. The molecule has 2 fully saturated rings. The number of urea groups is 1. The lowest BCUT2D eigenvalue weighted by Crippen LogP contribution is -2.31. The van der Waals surface area contributed by atoms with E-state index in [0.29, 0.717) is 6.04 Å². The van der Waals surface area contributed by atoms with Crippen LogP contribution in [0.5, 0.6) is 0 Å². The Balaban J connectivity index is 2.03. The smallest absolute Gasteiger partial charge is 0.317 e. The molecule has 1 aliphatic carbocycles. The number of carbonyl (C=O) groups is 1. The standard InChI is InChI=1S/C7H12N2O/c1-9-6(5-2-3-5)4-8-7(9)10/h5-6H,2-4H2,1H3,(H,8,10). The van der Waals surface area contributed by atoms with Gasteiger partial charge in [-0.25, -0.2) is 4.79 Å². The summed E-state index contributed by atoms with van der Waals surface area (Å²) in [6.07, 6.45) is 2.62. The highest BCUT2D eigenvalue weighted by molar-refractivity contribution is 5.76. The molecule has 0 radical (unpaired) electrons. The van der Waals surface area contributed by atoms with Crippen LogP contribution in [0.2, 0.25) is 0 Å². The molecule has 0 aromatic carbocycles. The van der Waals surface area contributed by atoms with Crippen molar-refractivity contribution in [2.24, 2.45) is 5.92 Å². The van der Waals surface area contributed by atoms with E-state index in [9.17, 15) is 4.79 Å². The maximum Gasteiger partial charge on any atom is 0.317 e. The van der Waals surface area contributed by atoms with Crippen molar-refractivity contribution in [3.63, 3.8) is 0 Å². The Hall–Kier alpha value is -0.730. The monoisotopic (exact) mass is 140 g/mol. The Morgan fingerprint density at radius 3 is 2.70 bits per heavy atom. The molecule has 1 unspecified atom stereocenters. The Bertz CT molecular complexity index is 165. The Labute approximate surface area is 60.4 Å². The van der Waals surface area contributed by atoms with Gasteiger partial charge in [-0.15, -0.1) is 0 Å². The van der Waals surface area contributed by atoms with Crippen LogP contribution in [-0.2, 0) is 0 Å². The Morgan fingerprint density at radius 1 is 1.60 bits per heavy atom. The van der Waals surface area contributed by atoms with E-state index in [1.165, 1.54) is 12.8 Å². The number of hydrogen-bond donors (Lipinski definition) is 1. The summed E-state index contributed by atoms with van der Waals surface area (Å²) in [5.41, 5.74) is 0. The van der Waals surface area contributed by atoms with Gasteiger partial charge in [-0.2, -0.15) is 0 Å². The quantitative estimate of drug-likeness (QED) is 0.562. The number of nitrogens with zero attached hydrogens (tertiary/aromatic N) is 1. The van der Waals surface area contributed by atoms with E-state index < -0.39 is 0 Å². The van der Waals surface area contributed by atoms with E-state index >= 15 is 0 Å². The second-order valence-corrected chi connectivity index (χ2v) is 3.20. The first kappa shape index (κ1) is 6.01. The first-order valence-electron chi connectivity index (χ1n) is 3.79. The maximum atomic E-state index is 10.9. The van der Waals surface area contributed by atoms with Crippen LogP contribution < -0.4 is 5.32 Å². The van der Waals surface area contributed by atoms with Crippen molar-refractivity contribution in [2.75, 3.05) is 13.6 Å². The summed E-state index contributed by atoms with van der Waals surface area (Å²) in [7, 11) is 1.88. The van der Waals surface area contributed by atoms with E-state index in [2.05, 4.69) is 5.32 Å². The molecule has 1 heterocycles. The summed E-state index contributed by atoms with van der Waals surface area (Å²) in [6.45, 7) is 0.861. The maximum absolute atomic E-state index is 10.9. The van der Waals surface area contributed by atoms with Crippen LogP contribution in [-0.4, -0.2) is 30.6 Å². The fourth-order valence-electron chi connectivity index (χ4n) is 1.57. The van der Waals surface area contributed by atoms with Crippen LogP contribution in [0, 0.1) is 5.92 Å². The molecule has 1 saturated carbocycles. The lowest BCUT2D eigenvalue weighted by molar-refractivity contribution is 0.212. The molecule has 56 valence electrons. The molecule has 0 bridgehead atoms. The van der Waals surface area contributed by atoms with E-state index in [4.69, 9.17) is 0 Å². The van der Waals surface area contributed by atoms with E-state index in [-0.39, 0.29) is 6.03 Å². The van der Waals surface area contributed by atoms with Crippen molar-refractivity contribution in [1.29, 1.82) is 0 Å².